The maximum absolute atomic E-state index is 13.8. The first-order valence-electron chi connectivity index (χ1n) is 6.86. The van der Waals surface area contributed by atoms with E-state index in [2.05, 4.69) is 5.32 Å². The molecule has 0 bridgehead atoms. The van der Waals surface area contributed by atoms with Crippen LogP contribution in [0.15, 0.2) is 18.2 Å². The molecule has 2 N–H and O–H groups in total. The van der Waals surface area contributed by atoms with Crippen molar-refractivity contribution in [2.75, 3.05) is 20.3 Å². The molecular formula is C15H24FNO2. The minimum atomic E-state index is -0.236. The van der Waals surface area contributed by atoms with E-state index in [1.807, 2.05) is 6.92 Å². The van der Waals surface area contributed by atoms with Crippen LogP contribution in [0, 0.1) is 5.82 Å². The van der Waals surface area contributed by atoms with Gasteiger partial charge in [0.2, 0.25) is 0 Å². The number of rotatable bonds is 9. The van der Waals surface area contributed by atoms with Crippen molar-refractivity contribution in [3.8, 4) is 5.75 Å². The summed E-state index contributed by atoms with van der Waals surface area (Å²) in [4.78, 5) is 0. The Hall–Kier alpha value is -1.13. The molecule has 0 fully saturated rings. The Morgan fingerprint density at radius 2 is 2.00 bits per heavy atom. The van der Waals surface area contributed by atoms with E-state index >= 15 is 0 Å². The van der Waals surface area contributed by atoms with Crippen LogP contribution in [0.4, 0.5) is 4.39 Å². The van der Waals surface area contributed by atoms with Crippen LogP contribution in [0.3, 0.4) is 0 Å². The SMILES string of the molecule is COc1ccc(C(C)NCCCCCCO)c(F)c1. The van der Waals surface area contributed by atoms with Gasteiger partial charge >= 0.3 is 0 Å². The molecule has 0 amide bonds. The lowest BCUT2D eigenvalue weighted by Crippen LogP contribution is -2.20. The van der Waals surface area contributed by atoms with E-state index in [0.29, 0.717) is 11.3 Å². The molecule has 0 saturated heterocycles. The number of benzene rings is 1. The van der Waals surface area contributed by atoms with Crippen LogP contribution in [0.25, 0.3) is 0 Å². The van der Waals surface area contributed by atoms with E-state index in [1.165, 1.54) is 13.2 Å². The van der Waals surface area contributed by atoms with E-state index < -0.39 is 0 Å². The van der Waals surface area contributed by atoms with Gasteiger partial charge in [-0.15, -0.1) is 0 Å². The first kappa shape index (κ1) is 15.9. The number of ether oxygens (including phenoxy) is 1. The zero-order valence-electron chi connectivity index (χ0n) is 11.8. The third-order valence-electron chi connectivity index (χ3n) is 3.21. The maximum atomic E-state index is 13.8. The predicted molar refractivity (Wildman–Crippen MR) is 74.9 cm³/mol. The van der Waals surface area contributed by atoms with Crippen molar-refractivity contribution in [1.29, 1.82) is 0 Å². The van der Waals surface area contributed by atoms with Crippen molar-refractivity contribution in [2.45, 2.75) is 38.6 Å². The largest absolute Gasteiger partial charge is 0.497 e. The van der Waals surface area contributed by atoms with Crippen molar-refractivity contribution in [1.82, 2.24) is 5.32 Å². The molecule has 0 aromatic heterocycles. The monoisotopic (exact) mass is 269 g/mol. The number of methoxy groups -OCH3 is 1. The van der Waals surface area contributed by atoms with Crippen LogP contribution in [-0.4, -0.2) is 25.4 Å². The van der Waals surface area contributed by atoms with E-state index in [1.54, 1.807) is 12.1 Å². The Kier molecular flexibility index (Phi) is 7.45. The van der Waals surface area contributed by atoms with Gasteiger partial charge in [-0.3, -0.25) is 0 Å². The second-order valence-corrected chi connectivity index (χ2v) is 4.70. The average Bonchev–Trinajstić information content (AvgIpc) is 2.42. The highest BCUT2D eigenvalue weighted by Gasteiger charge is 2.10. The molecule has 1 aromatic carbocycles. The fraction of sp³-hybridized carbons (Fsp3) is 0.600. The summed E-state index contributed by atoms with van der Waals surface area (Å²) >= 11 is 0. The van der Waals surface area contributed by atoms with Gasteiger partial charge in [0.1, 0.15) is 11.6 Å². The number of hydrogen-bond acceptors (Lipinski definition) is 3. The molecule has 1 aromatic rings. The number of nitrogens with one attached hydrogen (secondary N) is 1. The van der Waals surface area contributed by atoms with Crippen LogP contribution in [0.2, 0.25) is 0 Å². The molecule has 1 atom stereocenters. The third kappa shape index (κ3) is 5.57. The molecule has 4 heteroatoms. The molecule has 3 nitrogen and oxygen atoms in total. The van der Waals surface area contributed by atoms with Crippen LogP contribution in [0.5, 0.6) is 5.75 Å². The van der Waals surface area contributed by atoms with Gasteiger partial charge in [-0.05, 0) is 32.4 Å². The highest BCUT2D eigenvalue weighted by Crippen LogP contribution is 2.21. The van der Waals surface area contributed by atoms with Crippen LogP contribution in [0.1, 0.15) is 44.2 Å². The fourth-order valence-electron chi connectivity index (χ4n) is 2.00. The third-order valence-corrected chi connectivity index (χ3v) is 3.21. The Morgan fingerprint density at radius 1 is 1.26 bits per heavy atom. The average molecular weight is 269 g/mol. The summed E-state index contributed by atoms with van der Waals surface area (Å²) in [6.07, 6.45) is 4.04. The molecule has 108 valence electrons. The van der Waals surface area contributed by atoms with Crippen LogP contribution >= 0.6 is 0 Å². The molecule has 0 aliphatic carbocycles. The Balaban J connectivity index is 2.34. The lowest BCUT2D eigenvalue weighted by molar-refractivity contribution is 0.282. The van der Waals surface area contributed by atoms with Gasteiger partial charge in [0, 0.05) is 24.3 Å². The van der Waals surface area contributed by atoms with Gasteiger partial charge in [0.05, 0.1) is 7.11 Å². The molecule has 19 heavy (non-hydrogen) atoms. The Bertz CT molecular complexity index is 371. The van der Waals surface area contributed by atoms with E-state index in [4.69, 9.17) is 9.84 Å². The number of unbranched alkanes of at least 4 members (excludes halogenated alkanes) is 3. The van der Waals surface area contributed by atoms with Crippen molar-refractivity contribution in [3.05, 3.63) is 29.6 Å². The van der Waals surface area contributed by atoms with Crippen molar-refractivity contribution in [3.63, 3.8) is 0 Å². The molecule has 1 rings (SSSR count). The molecule has 0 spiro atoms. The van der Waals surface area contributed by atoms with Gasteiger partial charge in [-0.25, -0.2) is 4.39 Å². The second kappa shape index (κ2) is 8.88. The normalized spacial score (nSPS) is 12.4. The van der Waals surface area contributed by atoms with Crippen molar-refractivity contribution in [2.24, 2.45) is 0 Å². The van der Waals surface area contributed by atoms with Gasteiger partial charge in [-0.1, -0.05) is 18.9 Å². The summed E-state index contributed by atoms with van der Waals surface area (Å²) in [5.74, 6) is 0.303. The highest BCUT2D eigenvalue weighted by molar-refractivity contribution is 5.30. The van der Waals surface area contributed by atoms with Crippen LogP contribution in [-0.2, 0) is 0 Å². The quantitative estimate of drug-likeness (QED) is 0.677. The zero-order chi connectivity index (χ0) is 14.1. The van der Waals surface area contributed by atoms with Crippen molar-refractivity contribution < 1.29 is 14.2 Å². The summed E-state index contributed by atoms with van der Waals surface area (Å²) in [6.45, 7) is 3.08. The number of aliphatic hydroxyl groups excluding tert-OH is 1. The smallest absolute Gasteiger partial charge is 0.131 e. The molecule has 0 aliphatic heterocycles. The topological polar surface area (TPSA) is 41.5 Å². The second-order valence-electron chi connectivity index (χ2n) is 4.70. The number of aliphatic hydroxyl groups is 1. The Labute approximate surface area is 114 Å². The van der Waals surface area contributed by atoms with Gasteiger partial charge < -0.3 is 15.2 Å². The van der Waals surface area contributed by atoms with E-state index in [9.17, 15) is 4.39 Å². The number of halogens is 1. The fourth-order valence-corrected chi connectivity index (χ4v) is 2.00. The molecule has 1 unspecified atom stereocenters. The van der Waals surface area contributed by atoms with Gasteiger partial charge in [0.25, 0.3) is 0 Å². The molecular weight excluding hydrogens is 245 g/mol. The van der Waals surface area contributed by atoms with E-state index in [0.717, 1.165) is 32.2 Å². The highest BCUT2D eigenvalue weighted by atomic mass is 19.1. The predicted octanol–water partition coefficient (Wildman–Crippen LogP) is 3.04. The summed E-state index contributed by atoms with van der Waals surface area (Å²) < 4.78 is 18.8. The summed E-state index contributed by atoms with van der Waals surface area (Å²) in [6, 6.07) is 4.94. The maximum Gasteiger partial charge on any atom is 0.131 e. The summed E-state index contributed by atoms with van der Waals surface area (Å²) in [5, 5.41) is 12.0. The molecule has 0 radical (unpaired) electrons. The molecule has 0 heterocycles. The standard InChI is InChI=1S/C15H24FNO2/c1-12(17-9-5-3-4-6-10-18)14-8-7-13(19-2)11-15(14)16/h7-8,11-12,17-18H,3-6,9-10H2,1-2H3. The van der Waals surface area contributed by atoms with Gasteiger partial charge in [0.15, 0.2) is 0 Å². The van der Waals surface area contributed by atoms with Gasteiger partial charge in [-0.2, -0.15) is 0 Å². The molecule has 0 saturated carbocycles. The first-order chi connectivity index (χ1) is 9.19. The van der Waals surface area contributed by atoms with Crippen molar-refractivity contribution >= 4 is 0 Å². The summed E-state index contributed by atoms with van der Waals surface area (Å²) in [5.41, 5.74) is 0.663. The summed E-state index contributed by atoms with van der Waals surface area (Å²) in [7, 11) is 1.53. The van der Waals surface area contributed by atoms with E-state index in [-0.39, 0.29) is 18.5 Å². The Morgan fingerprint density at radius 3 is 2.63 bits per heavy atom. The lowest BCUT2D eigenvalue weighted by Gasteiger charge is -2.15. The molecule has 0 aliphatic rings. The first-order valence-corrected chi connectivity index (χ1v) is 6.86. The van der Waals surface area contributed by atoms with Crippen LogP contribution < -0.4 is 10.1 Å². The number of hydrogen-bond donors (Lipinski definition) is 2. The minimum absolute atomic E-state index is 0.0104. The minimum Gasteiger partial charge on any atom is -0.497 e. The zero-order valence-corrected chi connectivity index (χ0v) is 11.8. The lowest BCUT2D eigenvalue weighted by atomic mass is 10.1.